The van der Waals surface area contributed by atoms with E-state index in [0.29, 0.717) is 17.1 Å². The van der Waals surface area contributed by atoms with Crippen molar-refractivity contribution < 1.29 is 13.9 Å². The molecule has 1 aliphatic carbocycles. The number of nitrogens with zero attached hydrogens (tertiary/aromatic N) is 2. The SMILES string of the molecule is CN1CC(COCC2CC2)C2(CCN(C(=O)c3ccco3)CC2)C1. The Morgan fingerprint density at radius 2 is 2.12 bits per heavy atom. The predicted octanol–water partition coefficient (Wildman–Crippen LogP) is 2.49. The van der Waals surface area contributed by atoms with E-state index in [1.165, 1.54) is 12.8 Å². The molecule has 24 heavy (non-hydrogen) atoms. The predicted molar refractivity (Wildman–Crippen MR) is 90.8 cm³/mol. The Morgan fingerprint density at radius 1 is 1.33 bits per heavy atom. The van der Waals surface area contributed by atoms with Gasteiger partial charge in [-0.15, -0.1) is 0 Å². The van der Waals surface area contributed by atoms with E-state index in [1.807, 2.05) is 4.90 Å². The van der Waals surface area contributed by atoms with Crippen molar-refractivity contribution in [3.8, 4) is 0 Å². The number of carbonyl (C=O) groups excluding carboxylic acids is 1. The molecule has 0 bridgehead atoms. The van der Waals surface area contributed by atoms with Gasteiger partial charge in [-0.2, -0.15) is 0 Å². The van der Waals surface area contributed by atoms with Gasteiger partial charge in [-0.1, -0.05) is 0 Å². The number of piperidine rings is 1. The van der Waals surface area contributed by atoms with Crippen molar-refractivity contribution in [3.05, 3.63) is 24.2 Å². The second-order valence-electron chi connectivity index (χ2n) is 8.01. The van der Waals surface area contributed by atoms with Crippen LogP contribution in [-0.4, -0.2) is 62.1 Å². The Kier molecular flexibility index (Phi) is 4.39. The third kappa shape index (κ3) is 3.24. The van der Waals surface area contributed by atoms with E-state index < -0.39 is 0 Å². The lowest BCUT2D eigenvalue weighted by Gasteiger charge is -2.42. The molecule has 1 atom stereocenters. The quantitative estimate of drug-likeness (QED) is 0.831. The zero-order chi connectivity index (χ0) is 16.6. The molecule has 3 fully saturated rings. The summed E-state index contributed by atoms with van der Waals surface area (Å²) in [5, 5.41) is 0. The first-order valence-electron chi connectivity index (χ1n) is 9.25. The Bertz CT molecular complexity index is 559. The molecule has 1 aromatic heterocycles. The van der Waals surface area contributed by atoms with Crippen LogP contribution in [0.4, 0.5) is 0 Å². The highest BCUT2D eigenvalue weighted by Gasteiger charge is 2.47. The van der Waals surface area contributed by atoms with Gasteiger partial charge >= 0.3 is 0 Å². The zero-order valence-electron chi connectivity index (χ0n) is 14.6. The Labute approximate surface area is 143 Å². The van der Waals surface area contributed by atoms with E-state index in [9.17, 15) is 4.79 Å². The Balaban J connectivity index is 1.35. The highest BCUT2D eigenvalue weighted by molar-refractivity contribution is 5.91. The highest BCUT2D eigenvalue weighted by atomic mass is 16.5. The Hall–Kier alpha value is -1.33. The number of likely N-dealkylation sites (tertiary alicyclic amines) is 2. The van der Waals surface area contributed by atoms with Crippen molar-refractivity contribution in [1.82, 2.24) is 9.80 Å². The van der Waals surface area contributed by atoms with Gasteiger partial charge in [-0.25, -0.2) is 0 Å². The number of rotatable bonds is 5. The second kappa shape index (κ2) is 6.52. The van der Waals surface area contributed by atoms with Crippen LogP contribution in [0.3, 0.4) is 0 Å². The van der Waals surface area contributed by atoms with Crippen molar-refractivity contribution in [3.63, 3.8) is 0 Å². The molecule has 1 amide bonds. The van der Waals surface area contributed by atoms with Crippen molar-refractivity contribution >= 4 is 5.91 Å². The summed E-state index contributed by atoms with van der Waals surface area (Å²) < 4.78 is 11.3. The summed E-state index contributed by atoms with van der Waals surface area (Å²) in [5.41, 5.74) is 0.318. The lowest BCUT2D eigenvalue weighted by Crippen LogP contribution is -2.47. The molecule has 0 radical (unpaired) electrons. The van der Waals surface area contributed by atoms with Gasteiger partial charge in [0, 0.05) is 38.7 Å². The van der Waals surface area contributed by atoms with Crippen LogP contribution in [0, 0.1) is 17.3 Å². The first-order valence-corrected chi connectivity index (χ1v) is 9.25. The molecular weight excluding hydrogens is 304 g/mol. The van der Waals surface area contributed by atoms with E-state index >= 15 is 0 Å². The van der Waals surface area contributed by atoms with Crippen LogP contribution >= 0.6 is 0 Å². The first-order chi connectivity index (χ1) is 11.7. The standard InChI is InChI=1S/C19H28N2O3/c1-20-11-16(13-23-12-15-4-5-15)19(14-20)6-8-21(9-7-19)18(22)17-3-2-10-24-17/h2-3,10,15-16H,4-9,11-14H2,1H3. The van der Waals surface area contributed by atoms with Crippen LogP contribution in [0.2, 0.25) is 0 Å². The van der Waals surface area contributed by atoms with Gasteiger partial charge in [0.15, 0.2) is 5.76 Å². The monoisotopic (exact) mass is 332 g/mol. The van der Waals surface area contributed by atoms with Gasteiger partial charge < -0.3 is 19.0 Å². The lowest BCUT2D eigenvalue weighted by atomic mass is 9.71. The smallest absolute Gasteiger partial charge is 0.289 e. The summed E-state index contributed by atoms with van der Waals surface area (Å²) in [5.74, 6) is 1.91. The summed E-state index contributed by atoms with van der Waals surface area (Å²) >= 11 is 0. The largest absolute Gasteiger partial charge is 0.459 e. The first kappa shape index (κ1) is 16.2. The van der Waals surface area contributed by atoms with Crippen molar-refractivity contribution in [2.45, 2.75) is 25.7 Å². The van der Waals surface area contributed by atoms with E-state index in [-0.39, 0.29) is 5.91 Å². The van der Waals surface area contributed by atoms with Gasteiger partial charge in [0.25, 0.3) is 5.91 Å². The average molecular weight is 332 g/mol. The summed E-state index contributed by atoms with van der Waals surface area (Å²) in [6, 6.07) is 3.53. The molecule has 0 aromatic carbocycles. The zero-order valence-corrected chi connectivity index (χ0v) is 14.6. The summed E-state index contributed by atoms with van der Waals surface area (Å²) in [6.45, 7) is 5.73. The van der Waals surface area contributed by atoms with Crippen LogP contribution in [0.25, 0.3) is 0 Å². The van der Waals surface area contributed by atoms with Crippen molar-refractivity contribution in [2.75, 3.05) is 46.4 Å². The van der Waals surface area contributed by atoms with Crippen LogP contribution in [0.5, 0.6) is 0 Å². The van der Waals surface area contributed by atoms with Gasteiger partial charge in [0.1, 0.15) is 0 Å². The summed E-state index contributed by atoms with van der Waals surface area (Å²) in [7, 11) is 2.21. The highest BCUT2D eigenvalue weighted by Crippen LogP contribution is 2.44. The summed E-state index contributed by atoms with van der Waals surface area (Å²) in [4.78, 5) is 16.8. The molecule has 2 aliphatic heterocycles. The topological polar surface area (TPSA) is 45.9 Å². The maximum Gasteiger partial charge on any atom is 0.289 e. The molecule has 132 valence electrons. The number of furan rings is 1. The minimum absolute atomic E-state index is 0.0303. The van der Waals surface area contributed by atoms with Crippen molar-refractivity contribution in [1.29, 1.82) is 0 Å². The van der Waals surface area contributed by atoms with Crippen LogP contribution in [-0.2, 0) is 4.74 Å². The fourth-order valence-electron chi connectivity index (χ4n) is 4.47. The van der Waals surface area contributed by atoms with Gasteiger partial charge in [-0.3, -0.25) is 4.79 Å². The minimum atomic E-state index is 0.0303. The molecule has 2 saturated heterocycles. The Morgan fingerprint density at radius 3 is 2.79 bits per heavy atom. The molecule has 4 rings (SSSR count). The van der Waals surface area contributed by atoms with Crippen LogP contribution in [0.15, 0.2) is 22.8 Å². The van der Waals surface area contributed by atoms with Crippen LogP contribution in [0.1, 0.15) is 36.2 Å². The molecule has 1 unspecified atom stereocenters. The number of hydrogen-bond acceptors (Lipinski definition) is 4. The fraction of sp³-hybridized carbons (Fsp3) is 0.737. The van der Waals surface area contributed by atoms with E-state index in [0.717, 1.165) is 58.2 Å². The molecule has 5 heteroatoms. The lowest BCUT2D eigenvalue weighted by molar-refractivity contribution is 0.0171. The maximum absolute atomic E-state index is 12.5. The number of ether oxygens (including phenoxy) is 1. The molecule has 3 heterocycles. The van der Waals surface area contributed by atoms with Gasteiger partial charge in [0.05, 0.1) is 12.9 Å². The fourth-order valence-corrected chi connectivity index (χ4v) is 4.47. The third-order valence-electron chi connectivity index (χ3n) is 6.13. The van der Waals surface area contributed by atoms with E-state index in [4.69, 9.17) is 9.15 Å². The van der Waals surface area contributed by atoms with Crippen LogP contribution < -0.4 is 0 Å². The molecule has 0 N–H and O–H groups in total. The maximum atomic E-state index is 12.5. The van der Waals surface area contributed by atoms with E-state index in [1.54, 1.807) is 18.4 Å². The number of carbonyl (C=O) groups is 1. The van der Waals surface area contributed by atoms with Crippen molar-refractivity contribution in [2.24, 2.45) is 17.3 Å². The molecule has 1 aromatic rings. The van der Waals surface area contributed by atoms with Gasteiger partial charge in [-0.05, 0) is 56.2 Å². The van der Waals surface area contributed by atoms with Gasteiger partial charge in [0.2, 0.25) is 0 Å². The van der Waals surface area contributed by atoms with E-state index in [2.05, 4.69) is 11.9 Å². The molecule has 3 aliphatic rings. The summed E-state index contributed by atoms with van der Waals surface area (Å²) in [6.07, 6.45) is 6.40. The number of amides is 1. The second-order valence-corrected chi connectivity index (χ2v) is 8.01. The normalized spacial score (nSPS) is 27.0. The molecule has 5 nitrogen and oxygen atoms in total. The number of hydrogen-bond donors (Lipinski definition) is 0. The molecular formula is C19H28N2O3. The third-order valence-corrected chi connectivity index (χ3v) is 6.13. The minimum Gasteiger partial charge on any atom is -0.459 e. The average Bonchev–Trinajstić information content (AvgIpc) is 3.14. The molecule has 1 saturated carbocycles. The molecule has 1 spiro atoms.